The van der Waals surface area contributed by atoms with Crippen molar-refractivity contribution >= 4 is 23.0 Å². The van der Waals surface area contributed by atoms with Gasteiger partial charge in [0.1, 0.15) is 0 Å². The van der Waals surface area contributed by atoms with E-state index < -0.39 is 16.8 Å². The number of Topliss-reactive ketones (excluding diaryl/α,β-unsaturated/α-hetero) is 1. The van der Waals surface area contributed by atoms with E-state index in [1.807, 2.05) is 19.1 Å². The molecule has 1 saturated heterocycles. The summed E-state index contributed by atoms with van der Waals surface area (Å²) in [4.78, 5) is 31.6. The van der Waals surface area contributed by atoms with Crippen molar-refractivity contribution in [2.75, 3.05) is 26.2 Å². The molecule has 3 rings (SSSR count). The minimum absolute atomic E-state index is 0.150. The fraction of sp³-hybridized carbons (Fsp3) is 0.389. The van der Waals surface area contributed by atoms with E-state index in [1.165, 1.54) is 6.07 Å². The number of nitrogens with zero attached hydrogens (tertiary/aromatic N) is 3. The number of carbonyl (C=O) groups is 2. The number of thiophene rings is 1. The molecule has 1 aliphatic heterocycles. The minimum atomic E-state index is -4.93. The highest BCUT2D eigenvalue weighted by molar-refractivity contribution is 7.16. The van der Waals surface area contributed by atoms with Gasteiger partial charge >= 0.3 is 6.18 Å². The third-order valence-corrected chi connectivity index (χ3v) is 5.52. The van der Waals surface area contributed by atoms with Crippen molar-refractivity contribution in [2.45, 2.75) is 19.6 Å². The average Bonchev–Trinajstić information content (AvgIpc) is 3.12. The molecule has 0 spiro atoms. The Morgan fingerprint density at radius 3 is 2.41 bits per heavy atom. The number of rotatable bonds is 4. The van der Waals surface area contributed by atoms with E-state index in [0.29, 0.717) is 44.1 Å². The molecule has 5 nitrogen and oxygen atoms in total. The van der Waals surface area contributed by atoms with Crippen LogP contribution in [0.4, 0.5) is 13.2 Å². The van der Waals surface area contributed by atoms with Crippen molar-refractivity contribution in [1.82, 2.24) is 14.8 Å². The number of ketones is 1. The molecule has 1 aliphatic rings. The first-order valence-corrected chi connectivity index (χ1v) is 9.21. The largest absolute Gasteiger partial charge is 0.455 e. The second-order valence-electron chi connectivity index (χ2n) is 6.33. The summed E-state index contributed by atoms with van der Waals surface area (Å²) in [5, 5.41) is 0. The maximum absolute atomic E-state index is 12.5. The number of piperazine rings is 1. The van der Waals surface area contributed by atoms with Gasteiger partial charge < -0.3 is 4.90 Å². The van der Waals surface area contributed by atoms with Crippen LogP contribution < -0.4 is 0 Å². The van der Waals surface area contributed by atoms with Crippen molar-refractivity contribution in [1.29, 1.82) is 0 Å². The van der Waals surface area contributed by atoms with Gasteiger partial charge in [0.05, 0.1) is 15.4 Å². The molecule has 0 atom stereocenters. The monoisotopic (exact) mass is 397 g/mol. The first-order chi connectivity index (χ1) is 12.8. The highest BCUT2D eigenvalue weighted by atomic mass is 32.1. The van der Waals surface area contributed by atoms with E-state index in [4.69, 9.17) is 0 Å². The summed E-state index contributed by atoms with van der Waals surface area (Å²) in [5.74, 6) is -2.25. The summed E-state index contributed by atoms with van der Waals surface area (Å²) in [5.41, 5.74) is 2.10. The second-order valence-corrected chi connectivity index (χ2v) is 7.41. The van der Waals surface area contributed by atoms with Crippen LogP contribution in [0.3, 0.4) is 0 Å². The molecule has 0 saturated carbocycles. The fourth-order valence-electron chi connectivity index (χ4n) is 2.88. The number of aromatic nitrogens is 1. The summed E-state index contributed by atoms with van der Waals surface area (Å²) < 4.78 is 37.5. The highest BCUT2D eigenvalue weighted by Crippen LogP contribution is 2.27. The fourth-order valence-corrected chi connectivity index (χ4v) is 3.81. The molecule has 0 radical (unpaired) electrons. The number of pyridine rings is 1. The smallest absolute Gasteiger partial charge is 0.335 e. The van der Waals surface area contributed by atoms with Gasteiger partial charge in [0.2, 0.25) is 0 Å². The quantitative estimate of drug-likeness (QED) is 0.744. The zero-order valence-electron chi connectivity index (χ0n) is 14.6. The van der Waals surface area contributed by atoms with Gasteiger partial charge in [0.25, 0.3) is 11.7 Å². The Labute approximate surface area is 158 Å². The van der Waals surface area contributed by atoms with E-state index in [-0.39, 0.29) is 10.8 Å². The summed E-state index contributed by atoms with van der Waals surface area (Å²) in [7, 11) is 0. The molecule has 0 unspecified atom stereocenters. The SMILES string of the molecule is Cc1cccnc1CN1CCN(C(=O)c2ccc(C(=O)C(F)(F)F)s2)CC1. The maximum atomic E-state index is 12.5. The number of alkyl halides is 3. The maximum Gasteiger partial charge on any atom is 0.455 e. The van der Waals surface area contributed by atoms with E-state index in [2.05, 4.69) is 9.88 Å². The molecule has 27 heavy (non-hydrogen) atoms. The molecular weight excluding hydrogens is 379 g/mol. The van der Waals surface area contributed by atoms with Crippen LogP contribution in [0.5, 0.6) is 0 Å². The number of aryl methyl sites for hydroxylation is 1. The van der Waals surface area contributed by atoms with Crippen LogP contribution in [0.1, 0.15) is 30.6 Å². The zero-order chi connectivity index (χ0) is 19.6. The van der Waals surface area contributed by atoms with E-state index in [1.54, 1.807) is 11.1 Å². The first kappa shape index (κ1) is 19.5. The predicted molar refractivity (Wildman–Crippen MR) is 94.9 cm³/mol. The topological polar surface area (TPSA) is 53.5 Å². The molecule has 0 aromatic carbocycles. The summed E-state index contributed by atoms with van der Waals surface area (Å²) in [6.45, 7) is 4.95. The van der Waals surface area contributed by atoms with Gasteiger partial charge in [-0.15, -0.1) is 11.3 Å². The normalized spacial score (nSPS) is 15.8. The molecule has 0 bridgehead atoms. The Morgan fingerprint density at radius 2 is 1.78 bits per heavy atom. The third kappa shape index (κ3) is 4.54. The van der Waals surface area contributed by atoms with Crippen LogP contribution in [-0.4, -0.2) is 58.8 Å². The minimum Gasteiger partial charge on any atom is -0.335 e. The molecule has 2 aromatic rings. The van der Waals surface area contributed by atoms with Crippen molar-refractivity contribution in [3.63, 3.8) is 0 Å². The van der Waals surface area contributed by atoms with Gasteiger partial charge in [0.15, 0.2) is 0 Å². The van der Waals surface area contributed by atoms with Crippen molar-refractivity contribution in [3.05, 3.63) is 51.5 Å². The van der Waals surface area contributed by atoms with Crippen LogP contribution in [0.25, 0.3) is 0 Å². The van der Waals surface area contributed by atoms with Crippen LogP contribution in [0.15, 0.2) is 30.5 Å². The standard InChI is InChI=1S/C18H18F3N3O2S/c1-12-3-2-6-22-13(12)11-23-7-9-24(10-8-23)17(26)15-5-4-14(27-15)16(25)18(19,20)21/h2-6H,7-11H2,1H3. The van der Waals surface area contributed by atoms with Crippen molar-refractivity contribution < 1.29 is 22.8 Å². The van der Waals surface area contributed by atoms with Crippen molar-refractivity contribution in [2.24, 2.45) is 0 Å². The van der Waals surface area contributed by atoms with E-state index >= 15 is 0 Å². The molecule has 0 aliphatic carbocycles. The van der Waals surface area contributed by atoms with Crippen LogP contribution in [0, 0.1) is 6.92 Å². The number of amides is 1. The van der Waals surface area contributed by atoms with Crippen LogP contribution in [0.2, 0.25) is 0 Å². The van der Waals surface area contributed by atoms with E-state index in [9.17, 15) is 22.8 Å². The number of hydrogen-bond acceptors (Lipinski definition) is 5. The van der Waals surface area contributed by atoms with Gasteiger partial charge in [-0.1, -0.05) is 6.07 Å². The Kier molecular flexibility index (Phi) is 5.61. The molecule has 2 aromatic heterocycles. The van der Waals surface area contributed by atoms with E-state index in [0.717, 1.165) is 17.3 Å². The van der Waals surface area contributed by atoms with Gasteiger partial charge in [-0.25, -0.2) is 0 Å². The summed E-state index contributed by atoms with van der Waals surface area (Å²) in [6.07, 6.45) is -3.18. The lowest BCUT2D eigenvalue weighted by atomic mass is 10.2. The van der Waals surface area contributed by atoms with Gasteiger partial charge in [-0.3, -0.25) is 19.5 Å². The second kappa shape index (κ2) is 7.77. The summed E-state index contributed by atoms with van der Waals surface area (Å²) >= 11 is 0.591. The van der Waals surface area contributed by atoms with Gasteiger partial charge in [0, 0.05) is 38.9 Å². The Balaban J connectivity index is 1.58. The molecule has 1 fully saturated rings. The Bertz CT molecular complexity index is 842. The Morgan fingerprint density at radius 1 is 1.11 bits per heavy atom. The first-order valence-electron chi connectivity index (χ1n) is 8.39. The molecule has 9 heteroatoms. The lowest BCUT2D eigenvalue weighted by Crippen LogP contribution is -2.48. The number of hydrogen-bond donors (Lipinski definition) is 0. The van der Waals surface area contributed by atoms with Gasteiger partial charge in [-0.05, 0) is 30.7 Å². The Hall–Kier alpha value is -2.26. The molecule has 1 amide bonds. The summed E-state index contributed by atoms with van der Waals surface area (Å²) in [6, 6.07) is 6.23. The lowest BCUT2D eigenvalue weighted by Gasteiger charge is -2.34. The van der Waals surface area contributed by atoms with Crippen molar-refractivity contribution in [3.8, 4) is 0 Å². The molecule has 0 N–H and O–H groups in total. The number of carbonyl (C=O) groups excluding carboxylic acids is 2. The third-order valence-electron chi connectivity index (χ3n) is 4.45. The van der Waals surface area contributed by atoms with Gasteiger partial charge in [-0.2, -0.15) is 13.2 Å². The lowest BCUT2D eigenvalue weighted by molar-refractivity contribution is -0.0882. The molecule has 144 valence electrons. The van der Waals surface area contributed by atoms with Crippen LogP contribution in [-0.2, 0) is 6.54 Å². The molecule has 3 heterocycles. The zero-order valence-corrected chi connectivity index (χ0v) is 15.4. The van der Waals surface area contributed by atoms with Crippen LogP contribution >= 0.6 is 11.3 Å². The number of halogens is 3. The molecular formula is C18H18F3N3O2S. The highest BCUT2D eigenvalue weighted by Gasteiger charge is 2.40. The predicted octanol–water partition coefficient (Wildman–Crippen LogP) is 3.15. The average molecular weight is 397 g/mol.